The number of amides is 2. The predicted molar refractivity (Wildman–Crippen MR) is 80.9 cm³/mol. The van der Waals surface area contributed by atoms with Crippen molar-refractivity contribution in [2.24, 2.45) is 11.7 Å². The van der Waals surface area contributed by atoms with E-state index < -0.39 is 0 Å². The molecule has 2 N–H and O–H groups in total. The minimum absolute atomic E-state index is 0.0681. The number of carbonyl (C=O) groups is 2. The number of aryl methyl sites for hydroxylation is 1. The number of nitrogens with zero attached hydrogens (tertiary/aromatic N) is 2. The Labute approximate surface area is 128 Å². The van der Waals surface area contributed by atoms with Gasteiger partial charge in [0, 0.05) is 25.9 Å². The van der Waals surface area contributed by atoms with Gasteiger partial charge in [-0.2, -0.15) is 0 Å². The van der Waals surface area contributed by atoms with Gasteiger partial charge in [0.05, 0.1) is 6.42 Å². The summed E-state index contributed by atoms with van der Waals surface area (Å²) in [5, 5.41) is 0. The summed E-state index contributed by atoms with van der Waals surface area (Å²) >= 11 is 0. The highest BCUT2D eigenvalue weighted by Crippen LogP contribution is 2.20. The highest BCUT2D eigenvalue weighted by Gasteiger charge is 2.25. The first-order valence-electron chi connectivity index (χ1n) is 7.46. The third kappa shape index (κ3) is 2.95. The third-order valence-corrected chi connectivity index (χ3v) is 4.17. The number of hydrogen-bond donors (Lipinski definition) is 1. The van der Waals surface area contributed by atoms with Crippen molar-refractivity contribution >= 4 is 22.9 Å². The maximum atomic E-state index is 12.3. The molecule has 0 saturated carbocycles. The number of oxazole rings is 1. The van der Waals surface area contributed by atoms with Crippen molar-refractivity contribution < 1.29 is 14.0 Å². The number of nitrogens with two attached hydrogens (primary N) is 1. The van der Waals surface area contributed by atoms with Crippen LogP contribution < -0.4 is 5.73 Å². The Morgan fingerprint density at radius 1 is 1.36 bits per heavy atom. The minimum atomic E-state index is -0.266. The summed E-state index contributed by atoms with van der Waals surface area (Å²) in [6.45, 7) is 2.99. The van der Waals surface area contributed by atoms with Crippen LogP contribution in [0.15, 0.2) is 22.6 Å². The van der Waals surface area contributed by atoms with Crippen molar-refractivity contribution in [2.45, 2.75) is 26.2 Å². The van der Waals surface area contributed by atoms with E-state index in [2.05, 4.69) is 4.98 Å². The molecule has 1 aromatic carbocycles. The third-order valence-electron chi connectivity index (χ3n) is 4.17. The average Bonchev–Trinajstić information content (AvgIpc) is 2.86. The highest BCUT2D eigenvalue weighted by molar-refractivity contribution is 5.82. The standard InChI is InChI=1S/C16H19N3O3/c1-10-18-13-3-2-11(8-14(13)22-10)9-15(20)19-6-4-12(5-7-19)16(17)21/h2-3,8,12H,4-7,9H2,1H3,(H2,17,21). The molecule has 0 atom stereocenters. The summed E-state index contributed by atoms with van der Waals surface area (Å²) in [6, 6.07) is 5.63. The largest absolute Gasteiger partial charge is 0.441 e. The van der Waals surface area contributed by atoms with Gasteiger partial charge in [-0.1, -0.05) is 6.07 Å². The normalized spacial score (nSPS) is 16.1. The first-order valence-corrected chi connectivity index (χ1v) is 7.46. The monoisotopic (exact) mass is 301 g/mol. The van der Waals surface area contributed by atoms with Gasteiger partial charge in [0.15, 0.2) is 11.5 Å². The molecular weight excluding hydrogens is 282 g/mol. The van der Waals surface area contributed by atoms with E-state index in [-0.39, 0.29) is 17.7 Å². The van der Waals surface area contributed by atoms with E-state index in [4.69, 9.17) is 10.2 Å². The lowest BCUT2D eigenvalue weighted by Crippen LogP contribution is -2.42. The second-order valence-corrected chi connectivity index (χ2v) is 5.77. The van der Waals surface area contributed by atoms with Crippen LogP contribution in [0.3, 0.4) is 0 Å². The van der Waals surface area contributed by atoms with Crippen LogP contribution in [0, 0.1) is 12.8 Å². The number of benzene rings is 1. The van der Waals surface area contributed by atoms with Gasteiger partial charge in [-0.05, 0) is 30.5 Å². The molecule has 0 aliphatic carbocycles. The fraction of sp³-hybridized carbons (Fsp3) is 0.438. The lowest BCUT2D eigenvalue weighted by atomic mass is 9.96. The number of likely N-dealkylation sites (tertiary alicyclic amines) is 1. The van der Waals surface area contributed by atoms with E-state index in [1.54, 1.807) is 11.8 Å². The van der Waals surface area contributed by atoms with Crippen LogP contribution in [0.4, 0.5) is 0 Å². The van der Waals surface area contributed by atoms with E-state index in [0.717, 1.165) is 11.1 Å². The van der Waals surface area contributed by atoms with Crippen molar-refractivity contribution in [3.63, 3.8) is 0 Å². The molecule has 1 fully saturated rings. The van der Waals surface area contributed by atoms with E-state index in [1.165, 1.54) is 0 Å². The van der Waals surface area contributed by atoms with Crippen molar-refractivity contribution in [3.05, 3.63) is 29.7 Å². The maximum absolute atomic E-state index is 12.3. The molecule has 1 aliphatic heterocycles. The Balaban J connectivity index is 1.64. The molecule has 2 amide bonds. The zero-order valence-electron chi connectivity index (χ0n) is 12.5. The molecule has 2 heterocycles. The van der Waals surface area contributed by atoms with Gasteiger partial charge in [-0.15, -0.1) is 0 Å². The fourth-order valence-electron chi connectivity index (χ4n) is 2.89. The lowest BCUT2D eigenvalue weighted by Gasteiger charge is -2.30. The van der Waals surface area contributed by atoms with Crippen molar-refractivity contribution in [1.82, 2.24) is 9.88 Å². The van der Waals surface area contributed by atoms with Crippen LogP contribution in [0.25, 0.3) is 11.1 Å². The first kappa shape index (κ1) is 14.6. The molecule has 22 heavy (non-hydrogen) atoms. The number of piperidine rings is 1. The van der Waals surface area contributed by atoms with Crippen molar-refractivity contribution in [1.29, 1.82) is 0 Å². The molecule has 1 aromatic heterocycles. The SMILES string of the molecule is Cc1nc2ccc(CC(=O)N3CCC(C(N)=O)CC3)cc2o1. The van der Waals surface area contributed by atoms with Gasteiger partial charge in [-0.25, -0.2) is 4.98 Å². The van der Waals surface area contributed by atoms with E-state index in [1.807, 2.05) is 18.2 Å². The summed E-state index contributed by atoms with van der Waals surface area (Å²) < 4.78 is 5.49. The molecule has 0 bridgehead atoms. The maximum Gasteiger partial charge on any atom is 0.226 e. The van der Waals surface area contributed by atoms with Crippen LogP contribution in [0.1, 0.15) is 24.3 Å². The number of rotatable bonds is 3. The molecule has 2 aromatic rings. The molecule has 3 rings (SSSR count). The topological polar surface area (TPSA) is 89.4 Å². The van der Waals surface area contributed by atoms with Gasteiger partial charge in [0.2, 0.25) is 11.8 Å². The van der Waals surface area contributed by atoms with Crippen LogP contribution in [-0.4, -0.2) is 34.8 Å². The quantitative estimate of drug-likeness (QED) is 0.928. The Morgan fingerprint density at radius 2 is 2.09 bits per heavy atom. The van der Waals surface area contributed by atoms with Gasteiger partial charge >= 0.3 is 0 Å². The summed E-state index contributed by atoms with van der Waals surface area (Å²) in [5.41, 5.74) is 7.72. The number of hydrogen-bond acceptors (Lipinski definition) is 4. The highest BCUT2D eigenvalue weighted by atomic mass is 16.3. The molecule has 1 aliphatic rings. The second kappa shape index (κ2) is 5.79. The predicted octanol–water partition coefficient (Wildman–Crippen LogP) is 1.40. The fourth-order valence-corrected chi connectivity index (χ4v) is 2.89. The summed E-state index contributed by atoms with van der Waals surface area (Å²) in [6.07, 6.45) is 1.64. The van der Waals surface area contributed by atoms with Gasteiger partial charge in [0.1, 0.15) is 5.52 Å². The Bertz CT molecular complexity index is 714. The van der Waals surface area contributed by atoms with E-state index >= 15 is 0 Å². The average molecular weight is 301 g/mol. The zero-order valence-corrected chi connectivity index (χ0v) is 12.5. The molecule has 1 saturated heterocycles. The van der Waals surface area contributed by atoms with Gasteiger partial charge < -0.3 is 15.1 Å². The summed E-state index contributed by atoms with van der Waals surface area (Å²) in [5.74, 6) is 0.321. The zero-order chi connectivity index (χ0) is 15.7. The minimum Gasteiger partial charge on any atom is -0.441 e. The van der Waals surface area contributed by atoms with E-state index in [9.17, 15) is 9.59 Å². The molecule has 0 spiro atoms. The molecule has 116 valence electrons. The second-order valence-electron chi connectivity index (χ2n) is 5.77. The molecule has 6 nitrogen and oxygen atoms in total. The first-order chi connectivity index (χ1) is 10.5. The van der Waals surface area contributed by atoms with Crippen LogP contribution in [0.5, 0.6) is 0 Å². The van der Waals surface area contributed by atoms with Crippen LogP contribution in [-0.2, 0) is 16.0 Å². The number of fused-ring (bicyclic) bond motifs is 1. The number of primary amides is 1. The van der Waals surface area contributed by atoms with Gasteiger partial charge in [-0.3, -0.25) is 9.59 Å². The van der Waals surface area contributed by atoms with Crippen molar-refractivity contribution in [2.75, 3.05) is 13.1 Å². The summed E-state index contributed by atoms with van der Waals surface area (Å²) in [4.78, 5) is 29.5. The van der Waals surface area contributed by atoms with Crippen molar-refractivity contribution in [3.8, 4) is 0 Å². The molecule has 0 unspecified atom stereocenters. The number of aromatic nitrogens is 1. The van der Waals surface area contributed by atoms with Crippen LogP contribution in [0.2, 0.25) is 0 Å². The lowest BCUT2D eigenvalue weighted by molar-refractivity contribution is -0.134. The van der Waals surface area contributed by atoms with Crippen LogP contribution >= 0.6 is 0 Å². The Morgan fingerprint density at radius 3 is 2.77 bits per heavy atom. The van der Waals surface area contributed by atoms with E-state index in [0.29, 0.717) is 43.8 Å². The Hall–Kier alpha value is -2.37. The smallest absolute Gasteiger partial charge is 0.226 e. The number of carbonyl (C=O) groups excluding carboxylic acids is 2. The summed E-state index contributed by atoms with van der Waals surface area (Å²) in [7, 11) is 0. The van der Waals surface area contributed by atoms with Gasteiger partial charge in [0.25, 0.3) is 0 Å². The molecule has 6 heteroatoms. The molecular formula is C16H19N3O3. The Kier molecular flexibility index (Phi) is 3.83. The molecule has 0 radical (unpaired) electrons.